The highest BCUT2D eigenvalue weighted by atomic mass is 19.4. The van der Waals surface area contributed by atoms with Crippen LogP contribution in [0.3, 0.4) is 0 Å². The number of fused-ring (bicyclic) bond motifs is 1. The van der Waals surface area contributed by atoms with Crippen molar-refractivity contribution >= 4 is 11.0 Å². The molecule has 0 bridgehead atoms. The monoisotopic (exact) mass is 201 g/mol. The fourth-order valence-corrected chi connectivity index (χ4v) is 1.26. The molecule has 2 rings (SSSR count). The van der Waals surface area contributed by atoms with Crippen LogP contribution >= 0.6 is 0 Å². The van der Waals surface area contributed by atoms with Crippen molar-refractivity contribution in [1.29, 1.82) is 0 Å². The molecule has 0 aliphatic rings. The number of hydrogen-bond acceptors (Lipinski definition) is 2. The standard InChI is InChI=1S/C8H6F3N3/c1-4-13-6-3-12-2-5(7(6)14-4)8(9,10)11/h2-3H,1H3,(H,13,14). The highest BCUT2D eigenvalue weighted by Gasteiger charge is 2.34. The first kappa shape index (κ1) is 8.98. The van der Waals surface area contributed by atoms with E-state index in [1.165, 1.54) is 6.20 Å². The number of rotatable bonds is 0. The Balaban J connectivity index is 2.77. The number of aromatic nitrogens is 3. The molecule has 0 aliphatic heterocycles. The van der Waals surface area contributed by atoms with Crippen LogP contribution in [0.15, 0.2) is 12.4 Å². The molecule has 0 unspecified atom stereocenters. The van der Waals surface area contributed by atoms with Crippen molar-refractivity contribution < 1.29 is 13.2 Å². The van der Waals surface area contributed by atoms with Gasteiger partial charge in [0.2, 0.25) is 0 Å². The molecule has 0 saturated carbocycles. The number of halogens is 3. The molecule has 0 aliphatic carbocycles. The van der Waals surface area contributed by atoms with Crippen LogP contribution in [0.2, 0.25) is 0 Å². The van der Waals surface area contributed by atoms with E-state index in [4.69, 9.17) is 0 Å². The van der Waals surface area contributed by atoms with E-state index < -0.39 is 11.7 Å². The molecular weight excluding hydrogens is 195 g/mol. The zero-order valence-corrected chi connectivity index (χ0v) is 7.18. The van der Waals surface area contributed by atoms with Gasteiger partial charge in [-0.15, -0.1) is 0 Å². The summed E-state index contributed by atoms with van der Waals surface area (Å²) in [6.07, 6.45) is -2.30. The molecule has 0 aromatic carbocycles. The lowest BCUT2D eigenvalue weighted by Gasteiger charge is -2.05. The number of hydrogen-bond donors (Lipinski definition) is 1. The molecular formula is C8H6F3N3. The van der Waals surface area contributed by atoms with Crippen LogP contribution in [0.5, 0.6) is 0 Å². The van der Waals surface area contributed by atoms with Crippen LogP contribution in [-0.4, -0.2) is 15.0 Å². The first-order valence-electron chi connectivity index (χ1n) is 3.86. The van der Waals surface area contributed by atoms with Crippen molar-refractivity contribution in [2.45, 2.75) is 13.1 Å². The van der Waals surface area contributed by atoms with Gasteiger partial charge in [0, 0.05) is 6.20 Å². The third-order valence-electron chi connectivity index (χ3n) is 1.82. The van der Waals surface area contributed by atoms with E-state index in [9.17, 15) is 13.2 Å². The zero-order valence-electron chi connectivity index (χ0n) is 7.18. The van der Waals surface area contributed by atoms with Crippen molar-refractivity contribution in [3.8, 4) is 0 Å². The molecule has 2 aromatic rings. The molecule has 6 heteroatoms. The number of nitrogens with zero attached hydrogens (tertiary/aromatic N) is 2. The molecule has 2 aromatic heterocycles. The van der Waals surface area contributed by atoms with Gasteiger partial charge in [-0.05, 0) is 6.92 Å². The minimum Gasteiger partial charge on any atom is -0.341 e. The van der Waals surface area contributed by atoms with Crippen molar-refractivity contribution in [3.63, 3.8) is 0 Å². The molecule has 0 radical (unpaired) electrons. The number of alkyl halides is 3. The van der Waals surface area contributed by atoms with Gasteiger partial charge in [0.25, 0.3) is 0 Å². The smallest absolute Gasteiger partial charge is 0.341 e. The van der Waals surface area contributed by atoms with Gasteiger partial charge in [0.1, 0.15) is 16.9 Å². The zero-order chi connectivity index (χ0) is 10.3. The Morgan fingerprint density at radius 1 is 1.29 bits per heavy atom. The van der Waals surface area contributed by atoms with Gasteiger partial charge in [-0.2, -0.15) is 13.2 Å². The van der Waals surface area contributed by atoms with Crippen molar-refractivity contribution in [3.05, 3.63) is 23.8 Å². The van der Waals surface area contributed by atoms with E-state index in [0.717, 1.165) is 6.20 Å². The summed E-state index contributed by atoms with van der Waals surface area (Å²) in [5.74, 6) is 0.443. The quantitative estimate of drug-likeness (QED) is 0.710. The minimum absolute atomic E-state index is 0.0787. The van der Waals surface area contributed by atoms with E-state index in [2.05, 4.69) is 15.0 Å². The summed E-state index contributed by atoms with van der Waals surface area (Å²) in [5.41, 5.74) is -0.582. The third-order valence-corrected chi connectivity index (χ3v) is 1.82. The molecule has 3 nitrogen and oxygen atoms in total. The highest BCUT2D eigenvalue weighted by molar-refractivity contribution is 5.78. The largest absolute Gasteiger partial charge is 0.420 e. The van der Waals surface area contributed by atoms with E-state index in [0.29, 0.717) is 11.3 Å². The number of aryl methyl sites for hydroxylation is 1. The molecule has 0 amide bonds. The Morgan fingerprint density at radius 3 is 2.64 bits per heavy atom. The van der Waals surface area contributed by atoms with Crippen LogP contribution in [0.25, 0.3) is 11.0 Å². The lowest BCUT2D eigenvalue weighted by Crippen LogP contribution is -2.06. The fourth-order valence-electron chi connectivity index (χ4n) is 1.26. The normalized spacial score (nSPS) is 12.3. The maximum absolute atomic E-state index is 12.4. The van der Waals surface area contributed by atoms with Crippen LogP contribution in [0, 0.1) is 6.92 Å². The third kappa shape index (κ3) is 1.32. The number of pyridine rings is 1. The molecule has 0 spiro atoms. The molecule has 1 N–H and O–H groups in total. The molecule has 0 saturated heterocycles. The van der Waals surface area contributed by atoms with E-state index in [1.54, 1.807) is 6.92 Å². The molecule has 74 valence electrons. The molecule has 2 heterocycles. The summed E-state index contributed by atoms with van der Waals surface area (Å²) in [7, 11) is 0. The van der Waals surface area contributed by atoms with Gasteiger partial charge < -0.3 is 4.98 Å². The average Bonchev–Trinajstić information content (AvgIpc) is 2.41. The fraction of sp³-hybridized carbons (Fsp3) is 0.250. The highest BCUT2D eigenvalue weighted by Crippen LogP contribution is 2.32. The van der Waals surface area contributed by atoms with Crippen molar-refractivity contribution in [1.82, 2.24) is 15.0 Å². The van der Waals surface area contributed by atoms with Gasteiger partial charge in [0.05, 0.1) is 11.7 Å². The Kier molecular flexibility index (Phi) is 1.73. The van der Waals surface area contributed by atoms with Crippen LogP contribution in [0.1, 0.15) is 11.4 Å². The lowest BCUT2D eigenvalue weighted by atomic mass is 10.2. The van der Waals surface area contributed by atoms with E-state index >= 15 is 0 Å². The summed E-state index contributed by atoms with van der Waals surface area (Å²) in [4.78, 5) is 9.96. The Labute approximate surface area is 77.0 Å². The van der Waals surface area contributed by atoms with Crippen LogP contribution in [0.4, 0.5) is 13.2 Å². The average molecular weight is 201 g/mol. The maximum Gasteiger partial charge on any atom is 0.420 e. The maximum atomic E-state index is 12.4. The van der Waals surface area contributed by atoms with Gasteiger partial charge in [-0.1, -0.05) is 0 Å². The van der Waals surface area contributed by atoms with Crippen molar-refractivity contribution in [2.75, 3.05) is 0 Å². The minimum atomic E-state index is -4.41. The summed E-state index contributed by atoms with van der Waals surface area (Å²) < 4.78 is 37.3. The Morgan fingerprint density at radius 2 is 2.00 bits per heavy atom. The van der Waals surface area contributed by atoms with Gasteiger partial charge in [0.15, 0.2) is 0 Å². The van der Waals surface area contributed by atoms with Crippen LogP contribution < -0.4 is 0 Å². The lowest BCUT2D eigenvalue weighted by molar-refractivity contribution is -0.136. The van der Waals surface area contributed by atoms with E-state index in [-0.39, 0.29) is 5.52 Å². The second-order valence-electron chi connectivity index (χ2n) is 2.90. The predicted molar refractivity (Wildman–Crippen MR) is 43.6 cm³/mol. The number of H-pyrrole nitrogens is 1. The van der Waals surface area contributed by atoms with Crippen molar-refractivity contribution in [2.24, 2.45) is 0 Å². The molecule has 14 heavy (non-hydrogen) atoms. The summed E-state index contributed by atoms with van der Waals surface area (Å²) >= 11 is 0. The predicted octanol–water partition coefficient (Wildman–Crippen LogP) is 2.29. The first-order chi connectivity index (χ1) is 6.48. The first-order valence-corrected chi connectivity index (χ1v) is 3.86. The SMILES string of the molecule is Cc1nc2c(C(F)(F)F)cncc2[nH]1. The number of imidazole rings is 1. The summed E-state index contributed by atoms with van der Waals surface area (Å²) in [5, 5.41) is 0. The Bertz CT molecular complexity index is 472. The van der Waals surface area contributed by atoms with E-state index in [1.807, 2.05) is 0 Å². The number of nitrogens with one attached hydrogen (secondary N) is 1. The topological polar surface area (TPSA) is 41.6 Å². The van der Waals surface area contributed by atoms with Gasteiger partial charge in [-0.25, -0.2) is 4.98 Å². The summed E-state index contributed by atoms with van der Waals surface area (Å²) in [6.45, 7) is 1.60. The van der Waals surface area contributed by atoms with Gasteiger partial charge in [-0.3, -0.25) is 4.98 Å². The summed E-state index contributed by atoms with van der Waals surface area (Å²) in [6, 6.07) is 0. The second kappa shape index (κ2) is 2.70. The molecule has 0 atom stereocenters. The number of aromatic amines is 1. The Hall–Kier alpha value is -1.59. The van der Waals surface area contributed by atoms with Crippen LogP contribution in [-0.2, 0) is 6.18 Å². The second-order valence-corrected chi connectivity index (χ2v) is 2.90. The van der Waals surface area contributed by atoms with Gasteiger partial charge >= 0.3 is 6.18 Å². The molecule has 0 fully saturated rings.